The van der Waals surface area contributed by atoms with Crippen LogP contribution in [0.25, 0.3) is 0 Å². The van der Waals surface area contributed by atoms with E-state index in [4.69, 9.17) is 4.52 Å². The first kappa shape index (κ1) is 25.3. The zero-order valence-corrected chi connectivity index (χ0v) is 20.4. The number of aryl methyl sites for hydroxylation is 4. The molecular weight excluding hydrogens is 490 g/mol. The molecule has 4 heterocycles. The van der Waals surface area contributed by atoms with E-state index in [0.717, 1.165) is 30.9 Å². The Labute approximate surface area is 207 Å². The number of aliphatic carboxylic acids is 1. The van der Waals surface area contributed by atoms with Gasteiger partial charge in [0.25, 0.3) is 5.91 Å². The average Bonchev–Trinajstić information content (AvgIpc) is 3.48. The van der Waals surface area contributed by atoms with Crippen LogP contribution in [0.15, 0.2) is 35.1 Å². The summed E-state index contributed by atoms with van der Waals surface area (Å²) in [4.78, 5) is 28.7. The number of carboxylic acid groups (broad SMARTS) is 1. The van der Waals surface area contributed by atoms with E-state index in [-0.39, 0.29) is 11.3 Å². The van der Waals surface area contributed by atoms with Gasteiger partial charge in [0.05, 0.1) is 11.8 Å². The lowest BCUT2D eigenvalue weighted by Gasteiger charge is -2.17. The Morgan fingerprint density at radius 3 is 2.89 bits per heavy atom. The number of nitrogens with zero attached hydrogens (tertiary/aromatic N) is 4. The molecule has 14 heteroatoms. The van der Waals surface area contributed by atoms with Gasteiger partial charge in [0.15, 0.2) is 0 Å². The number of carboxylic acids is 1. The molecule has 13 nitrogen and oxygen atoms in total. The van der Waals surface area contributed by atoms with E-state index >= 15 is 0 Å². The number of carbonyl (C=O) groups is 2. The van der Waals surface area contributed by atoms with Crippen LogP contribution in [0.5, 0.6) is 0 Å². The molecule has 4 N–H and O–H groups in total. The molecule has 0 fully saturated rings. The van der Waals surface area contributed by atoms with Gasteiger partial charge in [0.1, 0.15) is 29.1 Å². The van der Waals surface area contributed by atoms with Crippen LogP contribution in [-0.4, -0.2) is 64.5 Å². The number of fused-ring (bicyclic) bond motifs is 1. The molecule has 0 radical (unpaired) electrons. The third-order valence-corrected chi connectivity index (χ3v) is 6.87. The SMILES string of the molecule is Cc1cc(CS(=O)(=O)NC(CNC(=O)c2cnn(CCc3ccc4c(n3)NCCC4)c2)C(=O)O)no1. The fourth-order valence-electron chi connectivity index (χ4n) is 3.76. The molecule has 0 saturated heterocycles. The van der Waals surface area contributed by atoms with Gasteiger partial charge in [-0.25, -0.2) is 13.4 Å². The monoisotopic (exact) mass is 517 g/mol. The van der Waals surface area contributed by atoms with Gasteiger partial charge in [-0.15, -0.1) is 0 Å². The van der Waals surface area contributed by atoms with Gasteiger partial charge in [0, 0.05) is 44.0 Å². The van der Waals surface area contributed by atoms with Crippen molar-refractivity contribution in [2.75, 3.05) is 18.4 Å². The molecular formula is C22H27N7O6S. The summed E-state index contributed by atoms with van der Waals surface area (Å²) in [7, 11) is -4.05. The normalized spacial score (nSPS) is 14.0. The maximum Gasteiger partial charge on any atom is 0.323 e. The van der Waals surface area contributed by atoms with Gasteiger partial charge in [-0.3, -0.25) is 14.3 Å². The van der Waals surface area contributed by atoms with Crippen LogP contribution in [0, 0.1) is 6.92 Å². The summed E-state index contributed by atoms with van der Waals surface area (Å²) in [6.45, 7) is 2.56. The second kappa shape index (κ2) is 10.9. The van der Waals surface area contributed by atoms with E-state index in [1.54, 1.807) is 17.8 Å². The molecule has 0 saturated carbocycles. The number of nitrogens with one attached hydrogen (secondary N) is 3. The predicted octanol–water partition coefficient (Wildman–Crippen LogP) is 0.478. The zero-order chi connectivity index (χ0) is 25.7. The summed E-state index contributed by atoms with van der Waals surface area (Å²) in [5, 5.41) is 22.9. The molecule has 0 aliphatic carbocycles. The van der Waals surface area contributed by atoms with Crippen LogP contribution in [0.4, 0.5) is 5.82 Å². The predicted molar refractivity (Wildman–Crippen MR) is 128 cm³/mol. The summed E-state index contributed by atoms with van der Waals surface area (Å²) in [5.41, 5.74) is 2.47. The minimum atomic E-state index is -4.05. The van der Waals surface area contributed by atoms with Gasteiger partial charge in [-0.2, -0.15) is 9.82 Å². The van der Waals surface area contributed by atoms with Crippen molar-refractivity contribution >= 4 is 27.7 Å². The number of anilines is 1. The number of carbonyl (C=O) groups excluding carboxylic acids is 1. The third-order valence-electron chi connectivity index (χ3n) is 5.55. The molecule has 1 aliphatic rings. The lowest BCUT2D eigenvalue weighted by Crippen LogP contribution is -2.48. The van der Waals surface area contributed by atoms with Gasteiger partial charge < -0.3 is 20.3 Å². The minimum absolute atomic E-state index is 0.141. The second-order valence-electron chi connectivity index (χ2n) is 8.49. The van der Waals surface area contributed by atoms with Crippen molar-refractivity contribution < 1.29 is 27.6 Å². The third kappa shape index (κ3) is 6.66. The molecule has 192 valence electrons. The van der Waals surface area contributed by atoms with Gasteiger partial charge >= 0.3 is 5.97 Å². The molecule has 1 aliphatic heterocycles. The smallest absolute Gasteiger partial charge is 0.323 e. The Morgan fingerprint density at radius 1 is 1.31 bits per heavy atom. The number of sulfonamides is 1. The van der Waals surface area contributed by atoms with Gasteiger partial charge in [-0.1, -0.05) is 11.2 Å². The van der Waals surface area contributed by atoms with E-state index in [9.17, 15) is 23.1 Å². The molecule has 0 spiro atoms. The van der Waals surface area contributed by atoms with Crippen molar-refractivity contribution in [3.8, 4) is 0 Å². The van der Waals surface area contributed by atoms with Crippen LogP contribution in [0.2, 0.25) is 0 Å². The zero-order valence-electron chi connectivity index (χ0n) is 19.6. The van der Waals surface area contributed by atoms with Crippen molar-refractivity contribution in [2.24, 2.45) is 0 Å². The lowest BCUT2D eigenvalue weighted by molar-refractivity contribution is -0.138. The Bertz CT molecular complexity index is 1350. The van der Waals surface area contributed by atoms with Crippen molar-refractivity contribution in [2.45, 2.75) is 44.5 Å². The van der Waals surface area contributed by atoms with Crippen molar-refractivity contribution in [3.63, 3.8) is 0 Å². The molecule has 0 aromatic carbocycles. The molecule has 0 bridgehead atoms. The van der Waals surface area contributed by atoms with E-state index in [1.165, 1.54) is 17.8 Å². The van der Waals surface area contributed by atoms with Gasteiger partial charge in [-0.05, 0) is 31.4 Å². The summed E-state index contributed by atoms with van der Waals surface area (Å²) >= 11 is 0. The van der Waals surface area contributed by atoms with E-state index < -0.39 is 40.2 Å². The average molecular weight is 518 g/mol. The fourth-order valence-corrected chi connectivity index (χ4v) is 4.98. The highest BCUT2D eigenvalue weighted by molar-refractivity contribution is 7.88. The summed E-state index contributed by atoms with van der Waals surface area (Å²) < 4.78 is 33.1. The Hall–Kier alpha value is -3.78. The Morgan fingerprint density at radius 2 is 2.14 bits per heavy atom. The number of hydrogen-bond acceptors (Lipinski definition) is 9. The molecule has 3 aromatic heterocycles. The topological polar surface area (TPSA) is 181 Å². The quantitative estimate of drug-likeness (QED) is 0.279. The number of amides is 1. The maximum atomic E-state index is 12.5. The summed E-state index contributed by atoms with van der Waals surface area (Å²) in [6, 6.07) is 3.93. The largest absolute Gasteiger partial charge is 0.480 e. The maximum absolute atomic E-state index is 12.5. The minimum Gasteiger partial charge on any atom is -0.480 e. The van der Waals surface area contributed by atoms with Crippen molar-refractivity contribution in [1.29, 1.82) is 0 Å². The Balaban J connectivity index is 1.29. The first-order valence-corrected chi connectivity index (χ1v) is 13.0. The molecule has 1 amide bonds. The highest BCUT2D eigenvalue weighted by Gasteiger charge is 2.26. The van der Waals surface area contributed by atoms with Crippen LogP contribution < -0.4 is 15.4 Å². The highest BCUT2D eigenvalue weighted by atomic mass is 32.2. The van der Waals surface area contributed by atoms with Crippen LogP contribution >= 0.6 is 0 Å². The molecule has 36 heavy (non-hydrogen) atoms. The van der Waals surface area contributed by atoms with Gasteiger partial charge in [0.2, 0.25) is 10.0 Å². The molecule has 1 unspecified atom stereocenters. The number of aromatic nitrogens is 4. The van der Waals surface area contributed by atoms with Crippen molar-refractivity contribution in [1.82, 2.24) is 30.0 Å². The lowest BCUT2D eigenvalue weighted by atomic mass is 10.1. The number of rotatable bonds is 11. The van der Waals surface area contributed by atoms with Crippen molar-refractivity contribution in [3.05, 3.63) is 58.9 Å². The number of hydrogen-bond donors (Lipinski definition) is 4. The number of pyridine rings is 1. The van der Waals surface area contributed by atoms with E-state index in [1.807, 2.05) is 6.07 Å². The molecule has 3 aromatic rings. The Kier molecular flexibility index (Phi) is 7.64. The second-order valence-corrected chi connectivity index (χ2v) is 10.2. The summed E-state index contributed by atoms with van der Waals surface area (Å²) in [6.07, 6.45) is 5.63. The van der Waals surface area contributed by atoms with Crippen LogP contribution in [0.1, 0.15) is 39.5 Å². The first-order valence-electron chi connectivity index (χ1n) is 11.4. The van der Waals surface area contributed by atoms with Crippen LogP contribution in [-0.2, 0) is 40.0 Å². The highest BCUT2D eigenvalue weighted by Crippen LogP contribution is 2.20. The first-order chi connectivity index (χ1) is 17.2. The molecule has 4 rings (SSSR count). The van der Waals surface area contributed by atoms with E-state index in [0.29, 0.717) is 18.7 Å². The van der Waals surface area contributed by atoms with Crippen LogP contribution in [0.3, 0.4) is 0 Å². The fraction of sp³-hybridized carbons (Fsp3) is 0.409. The standard InChI is InChI=1S/C22H27N7O6S/c1-14-9-18(27-35-14)13-36(33,34)28-19(22(31)32)11-24-21(30)16-10-25-29(12-16)8-6-17-5-4-15-3-2-7-23-20(15)26-17/h4-5,9-10,12,19,28H,2-3,6-8,11,13H2,1H3,(H,23,26)(H,24,30)(H,31,32). The summed E-state index contributed by atoms with van der Waals surface area (Å²) in [5.74, 6) is -1.21. The van der Waals surface area contributed by atoms with E-state index in [2.05, 4.69) is 36.7 Å². The molecule has 1 atom stereocenters.